The standard InChI is InChI=1S/C13H18N2O/c1-2-3-4-12-9-13(16-14-12)10-15-7-5-11(13)6-8-15/h1,9,11,14H,3-8,10H2. The van der Waals surface area contributed by atoms with Crippen LogP contribution in [0.2, 0.25) is 0 Å². The monoisotopic (exact) mass is 218 g/mol. The molecule has 4 aliphatic heterocycles. The summed E-state index contributed by atoms with van der Waals surface area (Å²) in [6.45, 7) is 3.52. The summed E-state index contributed by atoms with van der Waals surface area (Å²) in [6, 6.07) is 0. The van der Waals surface area contributed by atoms with Crippen molar-refractivity contribution in [2.24, 2.45) is 5.92 Å². The fourth-order valence-electron chi connectivity index (χ4n) is 3.18. The van der Waals surface area contributed by atoms with E-state index in [-0.39, 0.29) is 5.60 Å². The van der Waals surface area contributed by atoms with Gasteiger partial charge in [-0.3, -0.25) is 15.2 Å². The van der Waals surface area contributed by atoms with Crippen molar-refractivity contribution < 1.29 is 4.84 Å². The van der Waals surface area contributed by atoms with E-state index in [1.807, 2.05) is 0 Å². The lowest BCUT2D eigenvalue weighted by atomic mass is 9.75. The molecule has 16 heavy (non-hydrogen) atoms. The van der Waals surface area contributed by atoms with Crippen LogP contribution in [-0.4, -0.2) is 30.1 Å². The molecule has 0 aliphatic carbocycles. The average molecular weight is 218 g/mol. The predicted molar refractivity (Wildman–Crippen MR) is 62.3 cm³/mol. The quantitative estimate of drug-likeness (QED) is 0.707. The van der Waals surface area contributed by atoms with Crippen molar-refractivity contribution in [1.29, 1.82) is 0 Å². The molecule has 0 aromatic heterocycles. The summed E-state index contributed by atoms with van der Waals surface area (Å²) in [6.07, 6.45) is 11.8. The molecular weight excluding hydrogens is 200 g/mol. The van der Waals surface area contributed by atoms with Crippen LogP contribution in [0, 0.1) is 18.3 Å². The molecule has 3 nitrogen and oxygen atoms in total. The maximum atomic E-state index is 5.87. The molecule has 4 aliphatic rings. The van der Waals surface area contributed by atoms with E-state index in [1.165, 1.54) is 31.6 Å². The lowest BCUT2D eigenvalue weighted by Gasteiger charge is -2.49. The number of allylic oxidation sites excluding steroid dienone is 1. The highest BCUT2D eigenvalue weighted by atomic mass is 16.7. The molecule has 0 amide bonds. The molecule has 1 spiro atoms. The van der Waals surface area contributed by atoms with E-state index in [1.54, 1.807) is 0 Å². The van der Waals surface area contributed by atoms with Crippen LogP contribution in [0.5, 0.6) is 0 Å². The van der Waals surface area contributed by atoms with E-state index >= 15 is 0 Å². The Labute approximate surface area is 96.8 Å². The Kier molecular flexibility index (Phi) is 2.42. The number of rotatable bonds is 2. The fourth-order valence-corrected chi connectivity index (χ4v) is 3.18. The summed E-state index contributed by atoms with van der Waals surface area (Å²) in [5.41, 5.74) is 4.19. The van der Waals surface area contributed by atoms with Crippen LogP contribution in [0.25, 0.3) is 0 Å². The predicted octanol–water partition coefficient (Wildman–Crippen LogP) is 1.28. The van der Waals surface area contributed by atoms with Crippen LogP contribution in [-0.2, 0) is 4.84 Å². The third-order valence-corrected chi connectivity index (χ3v) is 4.08. The molecular formula is C13H18N2O. The van der Waals surface area contributed by atoms with Crippen molar-refractivity contribution in [3.63, 3.8) is 0 Å². The smallest absolute Gasteiger partial charge is 0.131 e. The second-order valence-corrected chi connectivity index (χ2v) is 5.08. The second kappa shape index (κ2) is 3.80. The number of hydrogen-bond acceptors (Lipinski definition) is 3. The largest absolute Gasteiger partial charge is 0.300 e. The molecule has 1 N–H and O–H groups in total. The third-order valence-electron chi connectivity index (χ3n) is 4.08. The van der Waals surface area contributed by atoms with Crippen molar-refractivity contribution in [3.8, 4) is 12.3 Å². The van der Waals surface area contributed by atoms with Crippen LogP contribution in [0.3, 0.4) is 0 Å². The summed E-state index contributed by atoms with van der Waals surface area (Å²) in [5, 5.41) is 0. The zero-order valence-corrected chi connectivity index (χ0v) is 9.54. The number of hydrogen-bond donors (Lipinski definition) is 1. The first-order valence-electron chi connectivity index (χ1n) is 6.14. The Morgan fingerprint density at radius 3 is 3.00 bits per heavy atom. The lowest BCUT2D eigenvalue weighted by molar-refractivity contribution is -0.138. The zero-order chi connectivity index (χ0) is 11.0. The summed E-state index contributed by atoms with van der Waals surface area (Å²) in [7, 11) is 0. The summed E-state index contributed by atoms with van der Waals surface area (Å²) in [5.74, 6) is 3.36. The SMILES string of the molecule is C#CCCC1=CC2(CN3CCC2CC3)ON1. The maximum Gasteiger partial charge on any atom is 0.131 e. The molecule has 0 saturated carbocycles. The van der Waals surface area contributed by atoms with Gasteiger partial charge in [-0.05, 0) is 37.9 Å². The summed E-state index contributed by atoms with van der Waals surface area (Å²) >= 11 is 0. The first kappa shape index (κ1) is 10.2. The van der Waals surface area contributed by atoms with Gasteiger partial charge in [-0.1, -0.05) is 0 Å². The Morgan fingerprint density at radius 1 is 1.56 bits per heavy atom. The molecule has 3 fully saturated rings. The molecule has 3 heteroatoms. The maximum absolute atomic E-state index is 5.87. The van der Waals surface area contributed by atoms with Crippen LogP contribution < -0.4 is 5.48 Å². The first-order chi connectivity index (χ1) is 7.82. The molecule has 3 saturated heterocycles. The van der Waals surface area contributed by atoms with Crippen molar-refractivity contribution in [2.75, 3.05) is 19.6 Å². The molecule has 4 heterocycles. The van der Waals surface area contributed by atoms with E-state index in [0.717, 1.165) is 19.4 Å². The molecule has 4 rings (SSSR count). The van der Waals surface area contributed by atoms with E-state index in [9.17, 15) is 0 Å². The fraction of sp³-hybridized carbons (Fsp3) is 0.692. The summed E-state index contributed by atoms with van der Waals surface area (Å²) < 4.78 is 0. The molecule has 0 radical (unpaired) electrons. The Hall–Kier alpha value is -0.980. The minimum absolute atomic E-state index is 0.0551. The molecule has 0 aromatic carbocycles. The number of hydroxylamine groups is 1. The van der Waals surface area contributed by atoms with Crippen LogP contribution in [0.15, 0.2) is 11.8 Å². The van der Waals surface area contributed by atoms with Gasteiger partial charge in [-0.2, -0.15) is 0 Å². The van der Waals surface area contributed by atoms with E-state index in [0.29, 0.717) is 5.92 Å². The van der Waals surface area contributed by atoms with E-state index in [2.05, 4.69) is 22.4 Å². The highest BCUT2D eigenvalue weighted by Crippen LogP contribution is 2.41. The number of nitrogens with one attached hydrogen (secondary N) is 1. The van der Waals surface area contributed by atoms with Crippen LogP contribution in [0.1, 0.15) is 25.7 Å². The van der Waals surface area contributed by atoms with Crippen LogP contribution >= 0.6 is 0 Å². The minimum atomic E-state index is -0.0551. The van der Waals surface area contributed by atoms with Gasteiger partial charge in [0.1, 0.15) is 5.60 Å². The Balaban J connectivity index is 1.75. The molecule has 2 bridgehead atoms. The van der Waals surface area contributed by atoms with Gasteiger partial charge in [-0.25, -0.2) is 0 Å². The Morgan fingerprint density at radius 2 is 2.38 bits per heavy atom. The van der Waals surface area contributed by atoms with Gasteiger partial charge in [0.15, 0.2) is 0 Å². The highest BCUT2D eigenvalue weighted by Gasteiger charge is 2.49. The van der Waals surface area contributed by atoms with Crippen molar-refractivity contribution >= 4 is 0 Å². The van der Waals surface area contributed by atoms with Gasteiger partial charge in [0, 0.05) is 25.1 Å². The molecule has 1 atom stereocenters. The van der Waals surface area contributed by atoms with Crippen molar-refractivity contribution in [1.82, 2.24) is 10.4 Å². The van der Waals surface area contributed by atoms with E-state index in [4.69, 9.17) is 11.3 Å². The first-order valence-corrected chi connectivity index (χ1v) is 6.14. The highest BCUT2D eigenvalue weighted by molar-refractivity contribution is 5.20. The topological polar surface area (TPSA) is 24.5 Å². The number of nitrogens with zero attached hydrogens (tertiary/aromatic N) is 1. The Bertz CT molecular complexity index is 349. The number of fused-ring (bicyclic) bond motifs is 2. The van der Waals surface area contributed by atoms with Gasteiger partial charge in [0.25, 0.3) is 0 Å². The summed E-state index contributed by atoms with van der Waals surface area (Å²) in [4.78, 5) is 8.37. The lowest BCUT2D eigenvalue weighted by Crippen LogP contribution is -2.58. The van der Waals surface area contributed by atoms with E-state index < -0.39 is 0 Å². The van der Waals surface area contributed by atoms with Crippen molar-refractivity contribution in [2.45, 2.75) is 31.3 Å². The van der Waals surface area contributed by atoms with Gasteiger partial charge in [-0.15, -0.1) is 12.3 Å². The average Bonchev–Trinajstić information content (AvgIpc) is 2.71. The normalized spacial score (nSPS) is 40.6. The van der Waals surface area contributed by atoms with Gasteiger partial charge in [0.2, 0.25) is 0 Å². The third kappa shape index (κ3) is 1.53. The van der Waals surface area contributed by atoms with Crippen molar-refractivity contribution in [3.05, 3.63) is 11.8 Å². The number of terminal acetylenes is 1. The number of piperidine rings is 3. The van der Waals surface area contributed by atoms with Gasteiger partial charge < -0.3 is 0 Å². The van der Waals surface area contributed by atoms with Gasteiger partial charge in [0.05, 0.1) is 0 Å². The van der Waals surface area contributed by atoms with Crippen LogP contribution in [0.4, 0.5) is 0 Å². The minimum Gasteiger partial charge on any atom is -0.300 e. The zero-order valence-electron chi connectivity index (χ0n) is 9.54. The van der Waals surface area contributed by atoms with Gasteiger partial charge >= 0.3 is 0 Å². The molecule has 1 unspecified atom stereocenters. The molecule has 86 valence electrons. The second-order valence-electron chi connectivity index (χ2n) is 5.08. The molecule has 0 aromatic rings.